The first-order valence-electron chi connectivity index (χ1n) is 36.2. The number of hydrogen-bond acceptors (Lipinski definition) is 13. The molecule has 25 nitrogen and oxygen atoms in total. The van der Waals surface area contributed by atoms with Crippen molar-refractivity contribution in [2.45, 2.75) is 229 Å². The minimum absolute atomic E-state index is 0.0597. The van der Waals surface area contributed by atoms with Crippen LogP contribution >= 0.6 is 0 Å². The summed E-state index contributed by atoms with van der Waals surface area (Å²) in [5.41, 5.74) is -4.06. The van der Waals surface area contributed by atoms with Crippen LogP contribution in [-0.2, 0) is 74.9 Å². The van der Waals surface area contributed by atoms with E-state index in [1.807, 2.05) is 20.8 Å². The summed E-state index contributed by atoms with van der Waals surface area (Å²) in [5.74, 6) is -13.7. The lowest BCUT2D eigenvalue weighted by molar-refractivity contribution is -0.161. The third kappa shape index (κ3) is 17.8. The molecule has 12 amide bonds. The van der Waals surface area contributed by atoms with Crippen molar-refractivity contribution in [3.05, 3.63) is 34.9 Å². The van der Waals surface area contributed by atoms with Crippen LogP contribution < -0.4 is 16.0 Å². The highest BCUT2D eigenvalue weighted by atomic mass is 19.4. The van der Waals surface area contributed by atoms with Crippen molar-refractivity contribution in [3.63, 3.8) is 0 Å². The Labute approximate surface area is 588 Å². The number of carbonyl (C=O) groups is 12. The number of halogens is 5. The summed E-state index contributed by atoms with van der Waals surface area (Å²) in [6.45, 7) is 8.72. The van der Waals surface area contributed by atoms with E-state index in [2.05, 4.69) is 16.0 Å². The van der Waals surface area contributed by atoms with Crippen molar-refractivity contribution < 1.29 is 84.2 Å². The first-order valence-corrected chi connectivity index (χ1v) is 36.2. The van der Waals surface area contributed by atoms with Crippen LogP contribution in [-0.4, -0.2) is 263 Å². The number of likely N-dealkylation sites (N-methyl/N-ethyl adjacent to an activating group) is 6. The van der Waals surface area contributed by atoms with Crippen LogP contribution in [0, 0.1) is 35.3 Å². The van der Waals surface area contributed by atoms with Crippen LogP contribution in [0.4, 0.5) is 22.0 Å². The summed E-state index contributed by atoms with van der Waals surface area (Å²) < 4.78 is 77.0. The first kappa shape index (κ1) is 79.2. The fraction of sp³-hybridized carbons (Fsp3) is 0.746. The van der Waals surface area contributed by atoms with E-state index in [0.717, 1.165) is 17.7 Å². The molecule has 8 rings (SSSR count). The molecule has 7 fully saturated rings. The molecule has 10 atom stereocenters. The van der Waals surface area contributed by atoms with Crippen molar-refractivity contribution in [1.29, 1.82) is 0 Å². The topological polar surface area (TPSA) is 279 Å². The van der Waals surface area contributed by atoms with Gasteiger partial charge in [-0.3, -0.25) is 57.5 Å². The van der Waals surface area contributed by atoms with Crippen LogP contribution in [0.1, 0.15) is 168 Å². The van der Waals surface area contributed by atoms with E-state index in [0.29, 0.717) is 69.9 Å². The molecule has 7 aliphatic rings. The van der Waals surface area contributed by atoms with E-state index in [9.17, 15) is 41.9 Å². The van der Waals surface area contributed by atoms with Crippen LogP contribution in [0.15, 0.2) is 12.1 Å². The number of nitrogens with zero attached hydrogens (tertiary/aromatic N) is 9. The zero-order valence-electron chi connectivity index (χ0n) is 60.5. The number of nitrogens with one attached hydrogen (secondary N) is 3. The van der Waals surface area contributed by atoms with E-state index < -0.39 is 198 Å². The van der Waals surface area contributed by atoms with Crippen molar-refractivity contribution in [2.24, 2.45) is 23.7 Å². The molecule has 1 spiro atoms. The SMILES string of the molecule is CC[C@H](C)[C@@H]1NC(=O)[C@H](CC(C)C)N(C)C(=O)C[C@@H](C(=O)N2CCOCC2)N(C)C(=O)[C@H](C2CCCC2)N(C)C(=O)C2(CCCC2)NC(=O)[C@@H]2CCCN2C(=O)[C@H](CCc2cc(F)c(C(F)(F)F)c(F)c2)NC(=O)CN(C)C(=O)[C@H](C2CCCC2)N(C)C(=O)[C@@H]2CCN2C(=O)[C@H](C)N(C)C1=O. The van der Waals surface area contributed by atoms with Gasteiger partial charge in [0.25, 0.3) is 0 Å². The molecule has 1 aromatic rings. The molecule has 0 unspecified atom stereocenters. The number of ether oxygens (including phenoxy) is 1. The maximum Gasteiger partial charge on any atom is 0.422 e. The fourth-order valence-electron chi connectivity index (χ4n) is 16.1. The number of amides is 12. The quantitative estimate of drug-likeness (QED) is 0.277. The number of benzene rings is 1. The number of alkyl halides is 3. The maximum absolute atomic E-state index is 15.7. The summed E-state index contributed by atoms with van der Waals surface area (Å²) in [7, 11) is 8.44. The maximum atomic E-state index is 15.7. The molecule has 101 heavy (non-hydrogen) atoms. The summed E-state index contributed by atoms with van der Waals surface area (Å²) in [6.07, 6.45) is 0.105. The van der Waals surface area contributed by atoms with Crippen LogP contribution in [0.25, 0.3) is 0 Å². The summed E-state index contributed by atoms with van der Waals surface area (Å²) >= 11 is 0. The van der Waals surface area contributed by atoms with Gasteiger partial charge in [0.15, 0.2) is 0 Å². The first-order chi connectivity index (χ1) is 47.6. The van der Waals surface area contributed by atoms with Gasteiger partial charge in [-0.15, -0.1) is 0 Å². The molecule has 3 saturated carbocycles. The molecule has 562 valence electrons. The second kappa shape index (κ2) is 33.7. The Morgan fingerprint density at radius 3 is 1.74 bits per heavy atom. The molecular formula is C71H105F5N12O13. The van der Waals surface area contributed by atoms with Crippen LogP contribution in [0.5, 0.6) is 0 Å². The Kier molecular flexibility index (Phi) is 26.4. The number of carbonyl (C=O) groups excluding carboxylic acids is 12. The number of rotatable bonds is 10. The zero-order chi connectivity index (χ0) is 74.3. The molecule has 0 bridgehead atoms. The number of hydrogen-bond donors (Lipinski definition) is 3. The fourth-order valence-corrected chi connectivity index (χ4v) is 16.1. The van der Waals surface area contributed by atoms with Gasteiger partial charge in [-0.25, -0.2) is 8.78 Å². The Bertz CT molecular complexity index is 3220. The number of fused-ring (bicyclic) bond motifs is 2. The average Bonchev–Trinajstić information content (AvgIpc) is 1.67. The molecule has 4 heterocycles. The predicted molar refractivity (Wildman–Crippen MR) is 359 cm³/mol. The highest BCUT2D eigenvalue weighted by Gasteiger charge is 2.53. The number of aryl methyl sites for hydroxylation is 1. The molecule has 4 saturated heterocycles. The van der Waals surface area contributed by atoms with Crippen molar-refractivity contribution in [1.82, 2.24) is 60.0 Å². The van der Waals surface area contributed by atoms with Gasteiger partial charge >= 0.3 is 6.18 Å². The largest absolute Gasteiger partial charge is 0.422 e. The molecular weight excluding hydrogens is 1320 g/mol. The molecule has 0 radical (unpaired) electrons. The predicted octanol–water partition coefficient (Wildman–Crippen LogP) is 4.26. The van der Waals surface area contributed by atoms with Gasteiger partial charge in [0.1, 0.15) is 77.1 Å². The monoisotopic (exact) mass is 1430 g/mol. The number of morpholine rings is 1. The van der Waals surface area contributed by atoms with Gasteiger partial charge in [-0.1, -0.05) is 72.6 Å². The summed E-state index contributed by atoms with van der Waals surface area (Å²) in [4.78, 5) is 192. The summed E-state index contributed by atoms with van der Waals surface area (Å²) in [5, 5.41) is 8.55. The molecule has 3 aliphatic carbocycles. The van der Waals surface area contributed by atoms with Crippen molar-refractivity contribution >= 4 is 70.9 Å². The molecule has 1 aromatic carbocycles. The minimum atomic E-state index is -5.39. The molecule has 3 N–H and O–H groups in total. The van der Waals surface area contributed by atoms with Crippen molar-refractivity contribution in [2.75, 3.05) is 88.2 Å². The Morgan fingerprint density at radius 1 is 0.624 bits per heavy atom. The van der Waals surface area contributed by atoms with Gasteiger partial charge in [-0.05, 0) is 125 Å². The zero-order valence-corrected chi connectivity index (χ0v) is 60.5. The average molecular weight is 1430 g/mol. The third-order valence-corrected chi connectivity index (χ3v) is 22.6. The van der Waals surface area contributed by atoms with E-state index in [1.165, 1.54) is 88.4 Å². The van der Waals surface area contributed by atoms with Gasteiger partial charge in [0.05, 0.1) is 26.2 Å². The van der Waals surface area contributed by atoms with Gasteiger partial charge in [0.2, 0.25) is 70.9 Å². The van der Waals surface area contributed by atoms with Crippen molar-refractivity contribution in [3.8, 4) is 0 Å². The van der Waals surface area contributed by atoms with Gasteiger partial charge in [-0.2, -0.15) is 13.2 Å². The highest BCUT2D eigenvalue weighted by molar-refractivity contribution is 6.01. The Hall–Kier alpha value is -7.53. The summed E-state index contributed by atoms with van der Waals surface area (Å²) in [6, 6.07) is -10.6. The second-order valence-corrected chi connectivity index (χ2v) is 29.7. The molecule has 4 aliphatic heterocycles. The van der Waals surface area contributed by atoms with Crippen LogP contribution in [0.2, 0.25) is 0 Å². The smallest absolute Gasteiger partial charge is 0.378 e. The third-order valence-electron chi connectivity index (χ3n) is 22.6. The lowest BCUT2D eigenvalue weighted by Crippen LogP contribution is -2.65. The van der Waals surface area contributed by atoms with E-state index in [-0.39, 0.29) is 89.4 Å². The van der Waals surface area contributed by atoms with E-state index in [4.69, 9.17) is 4.74 Å². The highest BCUT2D eigenvalue weighted by Crippen LogP contribution is 2.39. The van der Waals surface area contributed by atoms with Gasteiger partial charge < -0.3 is 64.8 Å². The molecule has 30 heteroatoms. The Balaban J connectivity index is 1.18. The normalized spacial score (nSPS) is 28.5. The standard InChI is InChI=1S/C71H105F5N12O13/c1-12-42(4)57-66(97)81(7)43(5)62(93)88-31-27-51(88)64(95)84(10)58(45-20-13-14-21-45)67(98)80(6)40-54(89)77-49(26-25-44-37-47(72)56(48(73)38-44)71(74,75)76)63(94)87-30-19-24-50(87)61(92)79-70(28-17-18-29-70)69(100)85(11)59(46-22-15-16-23-46)68(99)83(9)53(65(96)86-32-34-101-35-33-86)39-55(90)82(8)52(36-41(2)3)60(91)78-57/h37-38,41-43,45-46,49-53,57-59H,12-36,39-40H2,1-11H3,(H,77,89)(H,78,91)(H,79,92)/t42-,43-,49-,50-,51-,52-,53-,57-,58-,59-/m0/s1. The van der Waals surface area contributed by atoms with E-state index >= 15 is 37.5 Å². The van der Waals surface area contributed by atoms with Crippen LogP contribution in [0.3, 0.4) is 0 Å². The minimum Gasteiger partial charge on any atom is -0.378 e. The Morgan fingerprint density at radius 2 is 1.20 bits per heavy atom. The van der Waals surface area contributed by atoms with E-state index in [1.54, 1.807) is 6.92 Å². The second-order valence-electron chi connectivity index (χ2n) is 29.7. The van der Waals surface area contributed by atoms with Gasteiger partial charge in [0, 0.05) is 68.5 Å². The lowest BCUT2D eigenvalue weighted by atomic mass is 9.90. The lowest BCUT2D eigenvalue weighted by Gasteiger charge is -2.45. The molecule has 0 aromatic heterocycles.